The maximum absolute atomic E-state index is 5.40. The Kier molecular flexibility index (Phi) is 6.43. The lowest BCUT2D eigenvalue weighted by Gasteiger charge is -2.26. The normalized spacial score (nSPS) is 19.4. The van der Waals surface area contributed by atoms with Crippen molar-refractivity contribution in [3.8, 4) is 0 Å². The zero-order chi connectivity index (χ0) is 13.9. The van der Waals surface area contributed by atoms with E-state index in [2.05, 4.69) is 48.1 Å². The van der Waals surface area contributed by atoms with Crippen molar-refractivity contribution in [2.24, 2.45) is 0 Å². The van der Waals surface area contributed by atoms with Crippen molar-refractivity contribution in [2.45, 2.75) is 58.5 Å². The van der Waals surface area contributed by atoms with Crippen LogP contribution >= 0.6 is 12.4 Å². The van der Waals surface area contributed by atoms with E-state index in [1.54, 1.807) is 0 Å². The first-order valence-corrected chi connectivity index (χ1v) is 7.28. The van der Waals surface area contributed by atoms with Gasteiger partial charge in [0.1, 0.15) is 0 Å². The standard InChI is InChI=1S/C14H26N4O.ClH/c1-5-8-18(11-6-7-15-9-11)10-12-16-13(17-19-12)14(2,3)4;/h11,15H,5-10H2,1-4H3;1H. The van der Waals surface area contributed by atoms with Crippen molar-refractivity contribution in [1.29, 1.82) is 0 Å². The van der Waals surface area contributed by atoms with Crippen LogP contribution in [0.3, 0.4) is 0 Å². The van der Waals surface area contributed by atoms with Gasteiger partial charge in [0.15, 0.2) is 5.82 Å². The summed E-state index contributed by atoms with van der Waals surface area (Å²) in [4.78, 5) is 6.99. The van der Waals surface area contributed by atoms with E-state index in [0.29, 0.717) is 6.04 Å². The molecule has 2 heterocycles. The molecule has 6 heteroatoms. The molecule has 0 spiro atoms. The van der Waals surface area contributed by atoms with Crippen LogP contribution in [0.25, 0.3) is 0 Å². The fraction of sp³-hybridized carbons (Fsp3) is 0.857. The van der Waals surface area contributed by atoms with Crippen LogP contribution in [0.15, 0.2) is 4.52 Å². The van der Waals surface area contributed by atoms with Gasteiger partial charge in [-0.2, -0.15) is 4.98 Å². The topological polar surface area (TPSA) is 54.2 Å². The van der Waals surface area contributed by atoms with Crippen LogP contribution in [-0.4, -0.2) is 40.7 Å². The highest BCUT2D eigenvalue weighted by atomic mass is 35.5. The molecule has 2 rings (SSSR count). The molecule has 1 saturated heterocycles. The highest BCUT2D eigenvalue weighted by Crippen LogP contribution is 2.20. The Hall–Kier alpha value is -0.650. The first-order chi connectivity index (χ1) is 9.00. The zero-order valence-corrected chi connectivity index (χ0v) is 13.8. The number of halogens is 1. The van der Waals surface area contributed by atoms with Crippen LogP contribution in [0, 0.1) is 0 Å². The van der Waals surface area contributed by atoms with E-state index in [4.69, 9.17) is 4.52 Å². The number of rotatable bonds is 5. The molecule has 1 N–H and O–H groups in total. The second kappa shape index (κ2) is 7.38. The second-order valence-electron chi connectivity index (χ2n) is 6.38. The maximum Gasteiger partial charge on any atom is 0.240 e. The molecule has 0 aliphatic carbocycles. The number of hydrogen-bond donors (Lipinski definition) is 1. The van der Waals surface area contributed by atoms with Gasteiger partial charge in [0.25, 0.3) is 0 Å². The van der Waals surface area contributed by atoms with E-state index < -0.39 is 0 Å². The highest BCUT2D eigenvalue weighted by Gasteiger charge is 2.25. The lowest BCUT2D eigenvalue weighted by atomic mass is 9.96. The van der Waals surface area contributed by atoms with E-state index in [0.717, 1.165) is 44.3 Å². The van der Waals surface area contributed by atoms with Crippen LogP contribution in [0.2, 0.25) is 0 Å². The number of aromatic nitrogens is 2. The number of hydrogen-bond acceptors (Lipinski definition) is 5. The molecule has 0 saturated carbocycles. The van der Waals surface area contributed by atoms with E-state index >= 15 is 0 Å². The number of nitrogens with one attached hydrogen (secondary N) is 1. The van der Waals surface area contributed by atoms with Crippen LogP contribution in [0.4, 0.5) is 0 Å². The van der Waals surface area contributed by atoms with Crippen molar-refractivity contribution >= 4 is 12.4 Å². The Morgan fingerprint density at radius 3 is 2.65 bits per heavy atom. The van der Waals surface area contributed by atoms with Gasteiger partial charge in [-0.05, 0) is 25.9 Å². The Bertz CT molecular complexity index is 396. The lowest BCUT2D eigenvalue weighted by molar-refractivity contribution is 0.174. The second-order valence-corrected chi connectivity index (χ2v) is 6.38. The molecule has 1 unspecified atom stereocenters. The number of nitrogens with zero attached hydrogens (tertiary/aromatic N) is 3. The van der Waals surface area contributed by atoms with Crippen LogP contribution < -0.4 is 5.32 Å². The van der Waals surface area contributed by atoms with E-state index in [1.807, 2.05) is 0 Å². The third kappa shape index (κ3) is 4.43. The molecule has 0 amide bonds. The first-order valence-electron chi connectivity index (χ1n) is 7.28. The van der Waals surface area contributed by atoms with Crippen molar-refractivity contribution in [1.82, 2.24) is 20.4 Å². The van der Waals surface area contributed by atoms with Crippen molar-refractivity contribution in [3.05, 3.63) is 11.7 Å². The molecular formula is C14H27ClN4O. The third-order valence-electron chi connectivity index (χ3n) is 3.54. The van der Waals surface area contributed by atoms with Gasteiger partial charge in [-0.25, -0.2) is 0 Å². The summed E-state index contributed by atoms with van der Waals surface area (Å²) in [6.07, 6.45) is 2.36. The summed E-state index contributed by atoms with van der Waals surface area (Å²) in [5.74, 6) is 1.54. The van der Waals surface area contributed by atoms with Crippen LogP contribution in [-0.2, 0) is 12.0 Å². The monoisotopic (exact) mass is 302 g/mol. The van der Waals surface area contributed by atoms with Crippen molar-refractivity contribution in [2.75, 3.05) is 19.6 Å². The van der Waals surface area contributed by atoms with Gasteiger partial charge in [0.2, 0.25) is 5.89 Å². The van der Waals surface area contributed by atoms with Gasteiger partial charge in [-0.1, -0.05) is 32.9 Å². The fourth-order valence-electron chi connectivity index (χ4n) is 2.43. The van der Waals surface area contributed by atoms with Crippen LogP contribution in [0.5, 0.6) is 0 Å². The Morgan fingerprint density at radius 1 is 1.40 bits per heavy atom. The zero-order valence-electron chi connectivity index (χ0n) is 13.0. The molecule has 0 bridgehead atoms. The summed E-state index contributed by atoms with van der Waals surface area (Å²) < 4.78 is 5.40. The van der Waals surface area contributed by atoms with Gasteiger partial charge in [-0.3, -0.25) is 4.90 Å². The third-order valence-corrected chi connectivity index (χ3v) is 3.54. The smallest absolute Gasteiger partial charge is 0.240 e. The Balaban J connectivity index is 0.00000200. The molecule has 1 aromatic rings. The molecule has 1 aliphatic heterocycles. The largest absolute Gasteiger partial charge is 0.338 e. The van der Waals surface area contributed by atoms with E-state index in [1.165, 1.54) is 6.42 Å². The minimum Gasteiger partial charge on any atom is -0.338 e. The summed E-state index contributed by atoms with van der Waals surface area (Å²) in [5.41, 5.74) is -0.0494. The minimum atomic E-state index is -0.0494. The lowest BCUT2D eigenvalue weighted by Crippen LogP contribution is -2.37. The molecule has 5 nitrogen and oxygen atoms in total. The van der Waals surface area contributed by atoms with Crippen molar-refractivity contribution in [3.63, 3.8) is 0 Å². The first kappa shape index (κ1) is 17.4. The molecule has 1 atom stereocenters. The van der Waals surface area contributed by atoms with Gasteiger partial charge in [0.05, 0.1) is 6.54 Å². The fourth-order valence-corrected chi connectivity index (χ4v) is 2.43. The Labute approximate surface area is 127 Å². The van der Waals surface area contributed by atoms with Crippen molar-refractivity contribution < 1.29 is 4.52 Å². The predicted molar refractivity (Wildman–Crippen MR) is 82.2 cm³/mol. The average molecular weight is 303 g/mol. The molecule has 0 radical (unpaired) electrons. The highest BCUT2D eigenvalue weighted by molar-refractivity contribution is 5.85. The predicted octanol–water partition coefficient (Wildman–Crippen LogP) is 2.36. The summed E-state index contributed by atoms with van der Waals surface area (Å²) in [5, 5.41) is 7.52. The molecule has 1 aliphatic rings. The molecule has 0 aromatic carbocycles. The molecule has 1 aromatic heterocycles. The molecule has 1 fully saturated rings. The van der Waals surface area contributed by atoms with Gasteiger partial charge < -0.3 is 9.84 Å². The maximum atomic E-state index is 5.40. The molecule has 20 heavy (non-hydrogen) atoms. The molecule has 116 valence electrons. The van der Waals surface area contributed by atoms with E-state index in [9.17, 15) is 0 Å². The summed E-state index contributed by atoms with van der Waals surface area (Å²) >= 11 is 0. The van der Waals surface area contributed by atoms with Crippen LogP contribution in [0.1, 0.15) is 52.3 Å². The van der Waals surface area contributed by atoms with Gasteiger partial charge in [0, 0.05) is 18.0 Å². The minimum absolute atomic E-state index is 0. The summed E-state index contributed by atoms with van der Waals surface area (Å²) in [7, 11) is 0. The quantitative estimate of drug-likeness (QED) is 0.905. The summed E-state index contributed by atoms with van der Waals surface area (Å²) in [6.45, 7) is 12.6. The Morgan fingerprint density at radius 2 is 2.15 bits per heavy atom. The van der Waals surface area contributed by atoms with Gasteiger partial charge in [-0.15, -0.1) is 12.4 Å². The van der Waals surface area contributed by atoms with Gasteiger partial charge >= 0.3 is 0 Å². The molecular weight excluding hydrogens is 276 g/mol. The average Bonchev–Trinajstić information content (AvgIpc) is 2.98. The summed E-state index contributed by atoms with van der Waals surface area (Å²) in [6, 6.07) is 0.602. The SMILES string of the molecule is CCCN(Cc1nc(C(C)(C)C)no1)C1CCNC1.Cl. The van der Waals surface area contributed by atoms with E-state index in [-0.39, 0.29) is 17.8 Å².